The number of ether oxygens (including phenoxy) is 2. The van der Waals surface area contributed by atoms with E-state index in [-0.39, 0.29) is 30.0 Å². The zero-order valence-corrected chi connectivity index (χ0v) is 37.9. The van der Waals surface area contributed by atoms with Crippen LogP contribution in [0.2, 0.25) is 0 Å². The minimum absolute atomic E-state index is 0.107. The van der Waals surface area contributed by atoms with Crippen LogP contribution in [0.4, 0.5) is 9.59 Å². The van der Waals surface area contributed by atoms with Crippen molar-refractivity contribution in [1.82, 2.24) is 58.1 Å². The monoisotopic (exact) mass is 904 g/mol. The molecule has 0 saturated heterocycles. The minimum Gasteiger partial charge on any atom is -0.445 e. The number of thioether (sulfide) groups is 1. The number of aromatic nitrogens is 10. The van der Waals surface area contributed by atoms with Crippen LogP contribution < -0.4 is 0 Å². The predicted molar refractivity (Wildman–Crippen MR) is 241 cm³/mol. The Balaban J connectivity index is 0.000000192. The third-order valence-electron chi connectivity index (χ3n) is 10.0. The molecule has 8 aromatic rings. The van der Waals surface area contributed by atoms with E-state index in [0.717, 1.165) is 50.6 Å². The average Bonchev–Trinajstić information content (AvgIpc) is 4.12. The van der Waals surface area contributed by atoms with Gasteiger partial charge in [0.15, 0.2) is 26.2 Å². The quantitative estimate of drug-likeness (QED) is 0.116. The first-order valence-corrected chi connectivity index (χ1v) is 23.2. The lowest BCUT2D eigenvalue weighted by atomic mass is 10.2. The van der Waals surface area contributed by atoms with Crippen LogP contribution in [0, 0.1) is 0 Å². The van der Waals surface area contributed by atoms with Gasteiger partial charge in [0.25, 0.3) is 0 Å². The van der Waals surface area contributed by atoms with Crippen LogP contribution >= 0.6 is 11.8 Å². The highest BCUT2D eigenvalue weighted by molar-refractivity contribution is 7.98. The number of aryl methyl sites for hydroxylation is 2. The van der Waals surface area contributed by atoms with E-state index in [1.807, 2.05) is 109 Å². The van der Waals surface area contributed by atoms with E-state index in [2.05, 4.69) is 25.1 Å². The Labute approximate surface area is 374 Å². The molecule has 6 heterocycles. The Hall–Kier alpha value is -7.06. The Bertz CT molecular complexity index is 2980. The number of likely N-dealkylation sites (N-methyl/N-ethyl adjacent to an activating group) is 2. The summed E-state index contributed by atoms with van der Waals surface area (Å²) in [6.45, 7) is 1.23. The van der Waals surface area contributed by atoms with E-state index < -0.39 is 15.9 Å². The molecule has 64 heavy (non-hydrogen) atoms. The number of hydrogen-bond acceptors (Lipinski definition) is 13. The van der Waals surface area contributed by atoms with Crippen LogP contribution in [-0.4, -0.2) is 118 Å². The van der Waals surface area contributed by atoms with Crippen LogP contribution in [-0.2, 0) is 59.5 Å². The highest BCUT2D eigenvalue weighted by Gasteiger charge is 2.22. The molecule has 0 N–H and O–H groups in total. The number of carbonyl (C=O) groups excluding carboxylic acids is 2. The average molecular weight is 905 g/mol. The lowest BCUT2D eigenvalue weighted by molar-refractivity contribution is 0.104. The molecule has 8 rings (SSSR count). The Kier molecular flexibility index (Phi) is 14.0. The summed E-state index contributed by atoms with van der Waals surface area (Å²) in [6.07, 6.45) is 17.6. The number of imidazole rings is 2. The van der Waals surface area contributed by atoms with Gasteiger partial charge in [-0.05, 0) is 17.4 Å². The van der Waals surface area contributed by atoms with Gasteiger partial charge in [-0.3, -0.25) is 18.2 Å². The molecule has 0 unspecified atom stereocenters. The van der Waals surface area contributed by atoms with Crippen molar-refractivity contribution >= 4 is 45.1 Å². The molecule has 0 atom stereocenters. The van der Waals surface area contributed by atoms with Gasteiger partial charge < -0.3 is 19.3 Å². The summed E-state index contributed by atoms with van der Waals surface area (Å²) < 4.78 is 42.7. The lowest BCUT2D eigenvalue weighted by Gasteiger charge is -2.17. The molecule has 332 valence electrons. The molecule has 0 aliphatic heterocycles. The van der Waals surface area contributed by atoms with Gasteiger partial charge in [-0.15, -0.1) is 11.8 Å². The number of nitrogens with zero attached hydrogens (tertiary/aromatic N) is 12. The molecule has 2 aromatic carbocycles. The number of rotatable bonds is 14. The number of fused-ring (bicyclic) bond motifs is 2. The summed E-state index contributed by atoms with van der Waals surface area (Å²) in [7, 11) is 3.42. The van der Waals surface area contributed by atoms with Crippen molar-refractivity contribution in [2.24, 2.45) is 14.1 Å². The van der Waals surface area contributed by atoms with Gasteiger partial charge in [0, 0.05) is 96.3 Å². The first-order valence-electron chi connectivity index (χ1n) is 20.1. The van der Waals surface area contributed by atoms with Crippen LogP contribution in [0.3, 0.4) is 0 Å². The van der Waals surface area contributed by atoms with Gasteiger partial charge in [-0.2, -0.15) is 10.2 Å². The Morgan fingerprint density at radius 2 is 1.11 bits per heavy atom. The van der Waals surface area contributed by atoms with Gasteiger partial charge in [0.2, 0.25) is 0 Å². The van der Waals surface area contributed by atoms with E-state index in [9.17, 15) is 18.0 Å². The van der Waals surface area contributed by atoms with E-state index in [4.69, 9.17) is 14.5 Å². The van der Waals surface area contributed by atoms with E-state index in [1.54, 1.807) is 70.2 Å². The van der Waals surface area contributed by atoms with E-state index in [1.165, 1.54) is 4.90 Å². The first-order chi connectivity index (χ1) is 30.8. The second-order valence-electron chi connectivity index (χ2n) is 15.0. The molecule has 0 bridgehead atoms. The minimum atomic E-state index is -3.63. The van der Waals surface area contributed by atoms with Gasteiger partial charge in [-0.25, -0.2) is 37.9 Å². The molecular formula is C44H48N12O6S2. The molecule has 0 saturated carbocycles. The number of sulfone groups is 1. The van der Waals surface area contributed by atoms with Crippen molar-refractivity contribution in [1.29, 1.82) is 0 Å². The fourth-order valence-electron chi connectivity index (χ4n) is 6.58. The molecule has 20 heteroatoms. The van der Waals surface area contributed by atoms with Gasteiger partial charge in [-0.1, -0.05) is 60.7 Å². The number of benzene rings is 2. The molecule has 2 amide bonds. The fraction of sp³-hybridized carbons (Fsp3) is 0.273. The molecule has 0 spiro atoms. The molecule has 0 aliphatic carbocycles. The van der Waals surface area contributed by atoms with Crippen LogP contribution in [0.5, 0.6) is 0 Å². The van der Waals surface area contributed by atoms with Crippen LogP contribution in [0.25, 0.3) is 33.8 Å². The molecule has 0 radical (unpaired) electrons. The second-order valence-corrected chi connectivity index (χ2v) is 17.7. The normalized spacial score (nSPS) is 11.3. The Morgan fingerprint density at radius 1 is 0.656 bits per heavy atom. The topological polar surface area (TPSA) is 189 Å². The third kappa shape index (κ3) is 10.9. The third-order valence-corrected chi connectivity index (χ3v) is 11.6. The van der Waals surface area contributed by atoms with Crippen molar-refractivity contribution in [3.8, 4) is 22.5 Å². The highest BCUT2D eigenvalue weighted by atomic mass is 32.2. The molecule has 0 fully saturated rings. The predicted octanol–water partition coefficient (Wildman–Crippen LogP) is 6.01. The molecular weight excluding hydrogens is 857 g/mol. The van der Waals surface area contributed by atoms with Crippen molar-refractivity contribution in [3.63, 3.8) is 0 Å². The van der Waals surface area contributed by atoms with Crippen molar-refractivity contribution < 1.29 is 27.5 Å². The van der Waals surface area contributed by atoms with Gasteiger partial charge in [0.05, 0.1) is 47.6 Å². The maximum Gasteiger partial charge on any atom is 0.409 e. The first kappa shape index (κ1) is 45.0. The maximum absolute atomic E-state index is 12.4. The second kappa shape index (κ2) is 20.0. The van der Waals surface area contributed by atoms with Crippen molar-refractivity contribution in [2.45, 2.75) is 36.1 Å². The van der Waals surface area contributed by atoms with E-state index in [0.29, 0.717) is 37.3 Å². The summed E-state index contributed by atoms with van der Waals surface area (Å²) >= 11 is 1.55. The van der Waals surface area contributed by atoms with Gasteiger partial charge >= 0.3 is 12.2 Å². The van der Waals surface area contributed by atoms with Crippen molar-refractivity contribution in [3.05, 3.63) is 133 Å². The summed E-state index contributed by atoms with van der Waals surface area (Å²) in [5.41, 5.74) is 7.73. The van der Waals surface area contributed by atoms with Gasteiger partial charge in [0.1, 0.15) is 18.2 Å². The largest absolute Gasteiger partial charge is 0.445 e. The van der Waals surface area contributed by atoms with E-state index >= 15 is 0 Å². The zero-order chi connectivity index (χ0) is 45.4. The van der Waals surface area contributed by atoms with Crippen LogP contribution in [0.1, 0.15) is 22.5 Å². The van der Waals surface area contributed by atoms with Crippen molar-refractivity contribution in [2.75, 3.05) is 39.7 Å². The fourth-order valence-corrected chi connectivity index (χ4v) is 7.89. The number of carbonyl (C=O) groups is 2. The smallest absolute Gasteiger partial charge is 0.409 e. The number of amides is 2. The number of hydrogen-bond donors (Lipinski definition) is 0. The zero-order valence-electron chi connectivity index (χ0n) is 36.3. The molecule has 18 nitrogen and oxygen atoms in total. The summed E-state index contributed by atoms with van der Waals surface area (Å²) in [6, 6.07) is 19.1. The van der Waals surface area contributed by atoms with Crippen LogP contribution in [0.15, 0.2) is 120 Å². The Morgan fingerprint density at radius 3 is 1.55 bits per heavy atom. The SMILES string of the molecule is CN(CCc1cn2c(-c3cnn(C)c3)cnc2c(S(C)(=O)=O)n1)C(=O)OCc1ccccc1.CSc1nc(CCN(C)C(=O)OCc2ccccc2)cn2c(-c3cnn(C)c3)cnc12. The molecule has 0 aliphatic rings. The lowest BCUT2D eigenvalue weighted by Crippen LogP contribution is -2.29. The highest BCUT2D eigenvalue weighted by Crippen LogP contribution is 2.27. The summed E-state index contributed by atoms with van der Waals surface area (Å²) in [5.74, 6) is 0. The summed E-state index contributed by atoms with van der Waals surface area (Å²) in [4.78, 5) is 45.6. The summed E-state index contributed by atoms with van der Waals surface area (Å²) in [5, 5.41) is 9.18. The maximum atomic E-state index is 12.4. The molecule has 6 aromatic heterocycles. The standard InChI is InChI=1S/C22H24N6O4S.C22H24N6O2S/c1-26(22(29)32-15-16-7-5-4-6-8-16)10-9-18-14-28-19(17-11-24-27(2)13-17)12-23-20(28)21(25-18)33(3,30)31;1-26(22(29)30-15-16-7-5-4-6-8-16)10-9-18-14-28-19(17-11-24-27(2)13-17)12-23-20(28)21(25-18)31-3/h4-8,11-14H,9-10,15H2,1-3H3;4-8,11-14H,9-10,15H2,1-3H3.